The molecular formula is C17H25IN4S2. The Kier molecular flexibility index (Phi) is 10.4. The molecule has 132 valence electrons. The van der Waals surface area contributed by atoms with Gasteiger partial charge in [0.25, 0.3) is 0 Å². The Morgan fingerprint density at radius 3 is 2.67 bits per heavy atom. The summed E-state index contributed by atoms with van der Waals surface area (Å²) >= 11 is 3.57. The van der Waals surface area contributed by atoms with E-state index >= 15 is 0 Å². The van der Waals surface area contributed by atoms with Gasteiger partial charge in [-0.3, -0.25) is 4.99 Å². The molecule has 7 heteroatoms. The summed E-state index contributed by atoms with van der Waals surface area (Å²) in [6, 6.07) is 10.5. The van der Waals surface area contributed by atoms with Crippen molar-refractivity contribution in [1.29, 1.82) is 0 Å². The fourth-order valence-electron chi connectivity index (χ4n) is 2.00. The van der Waals surface area contributed by atoms with Crippen molar-refractivity contribution in [2.75, 3.05) is 13.6 Å². The predicted octanol–water partition coefficient (Wildman–Crippen LogP) is 4.17. The number of aliphatic imine (C=N–C) groups is 1. The van der Waals surface area contributed by atoms with Crippen LogP contribution in [0.25, 0.3) is 0 Å². The predicted molar refractivity (Wildman–Crippen MR) is 117 cm³/mol. The summed E-state index contributed by atoms with van der Waals surface area (Å²) in [5, 5.41) is 10.4. The van der Waals surface area contributed by atoms with Crippen molar-refractivity contribution in [3.8, 4) is 0 Å². The van der Waals surface area contributed by atoms with Crippen LogP contribution < -0.4 is 10.6 Å². The quantitative estimate of drug-likeness (QED) is 0.273. The summed E-state index contributed by atoms with van der Waals surface area (Å²) < 4.78 is 0. The topological polar surface area (TPSA) is 49.3 Å². The number of nitrogens with zero attached hydrogens (tertiary/aromatic N) is 2. The van der Waals surface area contributed by atoms with Crippen molar-refractivity contribution in [3.63, 3.8) is 0 Å². The largest absolute Gasteiger partial charge is 0.355 e. The average Bonchev–Trinajstić information content (AvgIpc) is 3.04. The lowest BCUT2D eigenvalue weighted by molar-refractivity contribution is 0.780. The number of nitrogens with one attached hydrogen (secondary N) is 2. The van der Waals surface area contributed by atoms with Crippen LogP contribution in [0.3, 0.4) is 0 Å². The van der Waals surface area contributed by atoms with Gasteiger partial charge in [-0.15, -0.1) is 47.1 Å². The van der Waals surface area contributed by atoms with E-state index in [4.69, 9.17) is 0 Å². The van der Waals surface area contributed by atoms with Gasteiger partial charge in [-0.2, -0.15) is 0 Å². The van der Waals surface area contributed by atoms with Crippen molar-refractivity contribution < 1.29 is 0 Å². The zero-order valence-electron chi connectivity index (χ0n) is 14.3. The average molecular weight is 476 g/mol. The lowest BCUT2D eigenvalue weighted by atomic mass is 10.4. The number of rotatable bonds is 7. The molecule has 1 aromatic heterocycles. The van der Waals surface area contributed by atoms with Gasteiger partial charge in [0.1, 0.15) is 0 Å². The first-order valence-corrected chi connectivity index (χ1v) is 9.56. The highest BCUT2D eigenvalue weighted by Gasteiger charge is 2.06. The standard InChI is InChI=1S/C17H24N4S2.HI/c1-4-16-21-14(12-22-16)11-20-17(18-3)19-10-13(2)23-15-8-6-5-7-9-15;/h5-9,12-13H,4,10-11H2,1-3H3,(H2,18,19,20);1H. The summed E-state index contributed by atoms with van der Waals surface area (Å²) in [6.45, 7) is 5.90. The van der Waals surface area contributed by atoms with Crippen molar-refractivity contribution in [2.24, 2.45) is 4.99 Å². The van der Waals surface area contributed by atoms with Gasteiger partial charge in [-0.1, -0.05) is 32.0 Å². The molecule has 1 aromatic carbocycles. The van der Waals surface area contributed by atoms with E-state index in [1.54, 1.807) is 18.4 Å². The van der Waals surface area contributed by atoms with E-state index in [-0.39, 0.29) is 24.0 Å². The molecule has 0 aliphatic heterocycles. The smallest absolute Gasteiger partial charge is 0.191 e. The molecule has 0 amide bonds. The van der Waals surface area contributed by atoms with E-state index in [1.165, 1.54) is 9.90 Å². The maximum atomic E-state index is 4.56. The number of benzene rings is 1. The van der Waals surface area contributed by atoms with Gasteiger partial charge in [0, 0.05) is 29.1 Å². The van der Waals surface area contributed by atoms with E-state index in [0.29, 0.717) is 11.8 Å². The van der Waals surface area contributed by atoms with E-state index in [1.807, 2.05) is 17.8 Å². The molecular weight excluding hydrogens is 451 g/mol. The number of hydrogen-bond acceptors (Lipinski definition) is 4. The van der Waals surface area contributed by atoms with Gasteiger partial charge in [-0.05, 0) is 18.6 Å². The van der Waals surface area contributed by atoms with Gasteiger partial charge in [0.15, 0.2) is 5.96 Å². The minimum atomic E-state index is 0. The van der Waals surface area contributed by atoms with Crippen LogP contribution in [0, 0.1) is 0 Å². The minimum absolute atomic E-state index is 0. The van der Waals surface area contributed by atoms with Gasteiger partial charge in [0.2, 0.25) is 0 Å². The number of thioether (sulfide) groups is 1. The van der Waals surface area contributed by atoms with Gasteiger partial charge < -0.3 is 10.6 Å². The molecule has 2 rings (SSSR count). The highest BCUT2D eigenvalue weighted by molar-refractivity contribution is 14.0. The molecule has 1 unspecified atom stereocenters. The SMILES string of the molecule is CCc1nc(CNC(=NC)NCC(C)Sc2ccccc2)cs1.I. The van der Waals surface area contributed by atoms with Crippen LogP contribution in [0.4, 0.5) is 0 Å². The Morgan fingerprint density at radius 1 is 1.29 bits per heavy atom. The van der Waals surface area contributed by atoms with Gasteiger partial charge >= 0.3 is 0 Å². The summed E-state index contributed by atoms with van der Waals surface area (Å²) in [5.74, 6) is 0.816. The maximum Gasteiger partial charge on any atom is 0.191 e. The van der Waals surface area contributed by atoms with Crippen molar-refractivity contribution in [3.05, 3.63) is 46.4 Å². The molecule has 2 N–H and O–H groups in total. The van der Waals surface area contributed by atoms with Crippen LogP contribution >= 0.6 is 47.1 Å². The second-order valence-corrected chi connectivity index (χ2v) is 7.59. The molecule has 0 fully saturated rings. The molecule has 4 nitrogen and oxygen atoms in total. The lowest BCUT2D eigenvalue weighted by Gasteiger charge is -2.15. The van der Waals surface area contributed by atoms with Crippen LogP contribution in [0.15, 0.2) is 45.6 Å². The van der Waals surface area contributed by atoms with E-state index < -0.39 is 0 Å². The number of aromatic nitrogens is 1. The Hall–Kier alpha value is -0.800. The molecule has 24 heavy (non-hydrogen) atoms. The van der Waals surface area contributed by atoms with Gasteiger partial charge in [0.05, 0.1) is 17.2 Å². The maximum absolute atomic E-state index is 4.56. The van der Waals surface area contributed by atoms with Crippen molar-refractivity contribution in [1.82, 2.24) is 15.6 Å². The molecule has 0 aliphatic rings. The normalized spacial score (nSPS) is 12.4. The highest BCUT2D eigenvalue weighted by atomic mass is 127. The molecule has 0 bridgehead atoms. The monoisotopic (exact) mass is 476 g/mol. The lowest BCUT2D eigenvalue weighted by Crippen LogP contribution is -2.39. The third-order valence-corrected chi connectivity index (χ3v) is 5.36. The zero-order chi connectivity index (χ0) is 16.5. The fraction of sp³-hybridized carbons (Fsp3) is 0.412. The first-order valence-electron chi connectivity index (χ1n) is 7.80. The van der Waals surface area contributed by atoms with Crippen molar-refractivity contribution in [2.45, 2.75) is 37.0 Å². The second kappa shape index (κ2) is 11.7. The summed E-state index contributed by atoms with van der Waals surface area (Å²) in [4.78, 5) is 10.1. The summed E-state index contributed by atoms with van der Waals surface area (Å²) in [7, 11) is 1.79. The summed E-state index contributed by atoms with van der Waals surface area (Å²) in [5.41, 5.74) is 1.07. The van der Waals surface area contributed by atoms with E-state index in [0.717, 1.165) is 24.6 Å². The first-order chi connectivity index (χ1) is 11.2. The Balaban J connectivity index is 0.00000288. The molecule has 1 atom stereocenters. The van der Waals surface area contributed by atoms with Crippen LogP contribution in [-0.2, 0) is 13.0 Å². The Labute approximate surface area is 170 Å². The first kappa shape index (κ1) is 21.2. The molecule has 0 saturated carbocycles. The van der Waals surface area contributed by atoms with Crippen LogP contribution in [0.1, 0.15) is 24.5 Å². The number of thiazole rings is 1. The minimum Gasteiger partial charge on any atom is -0.355 e. The van der Waals surface area contributed by atoms with Gasteiger partial charge in [-0.25, -0.2) is 4.98 Å². The third-order valence-electron chi connectivity index (χ3n) is 3.20. The number of aryl methyl sites for hydroxylation is 1. The van der Waals surface area contributed by atoms with Crippen LogP contribution in [0.5, 0.6) is 0 Å². The molecule has 2 aromatic rings. The number of hydrogen-bond donors (Lipinski definition) is 2. The molecule has 0 spiro atoms. The molecule has 0 aliphatic carbocycles. The van der Waals surface area contributed by atoms with Crippen LogP contribution in [0.2, 0.25) is 0 Å². The zero-order valence-corrected chi connectivity index (χ0v) is 18.2. The summed E-state index contributed by atoms with van der Waals surface area (Å²) in [6.07, 6.45) is 0.992. The van der Waals surface area contributed by atoms with Crippen LogP contribution in [-0.4, -0.2) is 29.8 Å². The molecule has 1 heterocycles. The Morgan fingerprint density at radius 2 is 2.04 bits per heavy atom. The van der Waals surface area contributed by atoms with E-state index in [2.05, 4.69) is 64.1 Å². The highest BCUT2D eigenvalue weighted by Crippen LogP contribution is 2.21. The second-order valence-electron chi connectivity index (χ2n) is 5.13. The van der Waals surface area contributed by atoms with E-state index in [9.17, 15) is 0 Å². The fourth-order valence-corrected chi connectivity index (χ4v) is 3.69. The number of guanidine groups is 1. The number of halogens is 1. The Bertz CT molecular complexity index is 616. The van der Waals surface area contributed by atoms with Crippen molar-refractivity contribution >= 4 is 53.0 Å². The molecule has 0 radical (unpaired) electrons. The molecule has 0 saturated heterocycles. The third kappa shape index (κ3) is 7.40.